The lowest BCUT2D eigenvalue weighted by Crippen LogP contribution is -2.25. The van der Waals surface area contributed by atoms with Gasteiger partial charge in [-0.05, 0) is 29.7 Å². The molecule has 17 heavy (non-hydrogen) atoms. The van der Waals surface area contributed by atoms with Crippen molar-refractivity contribution in [2.45, 2.75) is 12.3 Å². The maximum atomic E-state index is 12.1. The highest BCUT2D eigenvalue weighted by Crippen LogP contribution is 2.27. The molecular weight excluding hydrogens is 249 g/mol. The van der Waals surface area contributed by atoms with E-state index >= 15 is 0 Å². The van der Waals surface area contributed by atoms with Crippen LogP contribution in [0.5, 0.6) is 0 Å². The SMILES string of the molecule is O[C@@H](/C=C/c1cc2ccccc2s1)C(F)(F)F. The standard InChI is InChI=1S/C12H9F3OS/c13-12(14,15)11(16)6-5-9-7-8-3-1-2-4-10(8)17-9/h1-7,11,16H/b6-5+/t11-/m0/s1. The summed E-state index contributed by atoms with van der Waals surface area (Å²) < 4.78 is 37.2. The highest BCUT2D eigenvalue weighted by molar-refractivity contribution is 7.19. The van der Waals surface area contributed by atoms with Gasteiger partial charge in [0, 0.05) is 9.58 Å². The average molecular weight is 258 g/mol. The van der Waals surface area contributed by atoms with Gasteiger partial charge < -0.3 is 5.11 Å². The van der Waals surface area contributed by atoms with E-state index in [1.54, 1.807) is 6.07 Å². The van der Waals surface area contributed by atoms with E-state index in [0.717, 1.165) is 16.2 Å². The molecule has 0 aliphatic heterocycles. The second-order valence-corrected chi connectivity index (χ2v) is 4.65. The van der Waals surface area contributed by atoms with Gasteiger partial charge in [0.2, 0.25) is 0 Å². The molecular formula is C12H9F3OS. The van der Waals surface area contributed by atoms with Crippen molar-refractivity contribution in [2.24, 2.45) is 0 Å². The predicted molar refractivity (Wildman–Crippen MR) is 62.9 cm³/mol. The van der Waals surface area contributed by atoms with Crippen LogP contribution in [-0.2, 0) is 0 Å². The van der Waals surface area contributed by atoms with E-state index in [4.69, 9.17) is 5.11 Å². The Balaban J connectivity index is 2.21. The molecule has 0 saturated heterocycles. The molecule has 1 nitrogen and oxygen atoms in total. The molecule has 5 heteroatoms. The minimum atomic E-state index is -4.60. The van der Waals surface area contributed by atoms with E-state index in [2.05, 4.69) is 0 Å². The van der Waals surface area contributed by atoms with Crippen LogP contribution in [0.4, 0.5) is 13.2 Å². The minimum Gasteiger partial charge on any atom is -0.380 e. The second kappa shape index (κ2) is 4.50. The molecule has 0 amide bonds. The first-order chi connectivity index (χ1) is 7.97. The maximum absolute atomic E-state index is 12.1. The molecule has 1 aromatic carbocycles. The Labute approximate surface area is 99.8 Å². The van der Waals surface area contributed by atoms with Gasteiger partial charge in [-0.15, -0.1) is 11.3 Å². The van der Waals surface area contributed by atoms with E-state index in [1.165, 1.54) is 17.4 Å². The summed E-state index contributed by atoms with van der Waals surface area (Å²) in [5, 5.41) is 9.80. The van der Waals surface area contributed by atoms with Gasteiger partial charge in [0.25, 0.3) is 0 Å². The van der Waals surface area contributed by atoms with Crippen molar-refractivity contribution in [3.63, 3.8) is 0 Å². The molecule has 90 valence electrons. The Hall–Kier alpha value is -1.33. The molecule has 1 atom stereocenters. The van der Waals surface area contributed by atoms with Crippen molar-refractivity contribution < 1.29 is 18.3 Å². The lowest BCUT2D eigenvalue weighted by Gasteiger charge is -2.08. The number of hydrogen-bond donors (Lipinski definition) is 1. The number of halogens is 3. The van der Waals surface area contributed by atoms with Gasteiger partial charge in [-0.3, -0.25) is 0 Å². The minimum absolute atomic E-state index is 0.689. The fourth-order valence-corrected chi connectivity index (χ4v) is 2.36. The summed E-state index contributed by atoms with van der Waals surface area (Å²) >= 11 is 1.38. The topological polar surface area (TPSA) is 20.2 Å². The first kappa shape index (κ1) is 12.1. The lowest BCUT2D eigenvalue weighted by molar-refractivity contribution is -0.187. The van der Waals surface area contributed by atoms with Crippen LogP contribution in [-0.4, -0.2) is 17.4 Å². The Bertz CT molecular complexity index is 509. The van der Waals surface area contributed by atoms with E-state index in [1.807, 2.05) is 24.3 Å². The summed E-state index contributed by atoms with van der Waals surface area (Å²) in [6.07, 6.45) is -4.96. The molecule has 0 aliphatic rings. The second-order valence-electron chi connectivity index (χ2n) is 3.53. The zero-order chi connectivity index (χ0) is 12.5. The number of hydrogen-bond acceptors (Lipinski definition) is 2. The fraction of sp³-hybridized carbons (Fsp3) is 0.167. The molecule has 0 unspecified atom stereocenters. The van der Waals surface area contributed by atoms with Gasteiger partial charge in [0.05, 0.1) is 0 Å². The van der Waals surface area contributed by atoms with Crippen LogP contribution in [0.25, 0.3) is 16.2 Å². The molecule has 0 radical (unpaired) electrons. The third-order valence-electron chi connectivity index (χ3n) is 2.22. The van der Waals surface area contributed by atoms with Gasteiger partial charge in [0.1, 0.15) is 0 Å². The van der Waals surface area contributed by atoms with Gasteiger partial charge in [0.15, 0.2) is 6.10 Å². The molecule has 0 spiro atoms. The molecule has 1 aromatic heterocycles. The number of rotatable bonds is 2. The highest BCUT2D eigenvalue weighted by Gasteiger charge is 2.36. The summed E-state index contributed by atoms with van der Waals surface area (Å²) in [4.78, 5) is 0.689. The lowest BCUT2D eigenvalue weighted by atomic mass is 10.2. The summed E-state index contributed by atoms with van der Waals surface area (Å²) in [5.41, 5.74) is 0. The zero-order valence-electron chi connectivity index (χ0n) is 8.61. The van der Waals surface area contributed by atoms with Crippen LogP contribution in [0.2, 0.25) is 0 Å². The number of benzene rings is 1. The monoisotopic (exact) mass is 258 g/mol. The number of fused-ring (bicyclic) bond motifs is 1. The van der Waals surface area contributed by atoms with Crippen LogP contribution in [0, 0.1) is 0 Å². The van der Waals surface area contributed by atoms with Gasteiger partial charge >= 0.3 is 6.18 Å². The first-order valence-corrected chi connectivity index (χ1v) is 5.70. The summed E-state index contributed by atoms with van der Waals surface area (Å²) in [7, 11) is 0. The fourth-order valence-electron chi connectivity index (χ4n) is 1.38. The Morgan fingerprint density at radius 2 is 1.94 bits per heavy atom. The van der Waals surface area contributed by atoms with E-state index in [-0.39, 0.29) is 0 Å². The molecule has 0 fully saturated rings. The highest BCUT2D eigenvalue weighted by atomic mass is 32.1. The Morgan fingerprint density at radius 3 is 2.59 bits per heavy atom. The average Bonchev–Trinajstić information content (AvgIpc) is 2.66. The van der Waals surface area contributed by atoms with Crippen LogP contribution in [0.1, 0.15) is 4.88 Å². The van der Waals surface area contributed by atoms with Gasteiger partial charge in [-0.1, -0.05) is 18.2 Å². The molecule has 1 N–H and O–H groups in total. The largest absolute Gasteiger partial charge is 0.417 e. The van der Waals surface area contributed by atoms with Crippen molar-refractivity contribution in [1.82, 2.24) is 0 Å². The summed E-state index contributed by atoms with van der Waals surface area (Å²) in [6.45, 7) is 0. The van der Waals surface area contributed by atoms with E-state index < -0.39 is 12.3 Å². The quantitative estimate of drug-likeness (QED) is 0.867. The normalized spacial score (nSPS) is 14.6. The number of alkyl halides is 3. The van der Waals surface area contributed by atoms with Gasteiger partial charge in [-0.25, -0.2) is 0 Å². The van der Waals surface area contributed by atoms with Crippen LogP contribution >= 0.6 is 11.3 Å². The zero-order valence-corrected chi connectivity index (χ0v) is 9.42. The third-order valence-corrected chi connectivity index (χ3v) is 3.30. The predicted octanol–water partition coefficient (Wildman–Crippen LogP) is 3.84. The van der Waals surface area contributed by atoms with Crippen molar-refractivity contribution in [3.05, 3.63) is 41.3 Å². The Morgan fingerprint density at radius 1 is 1.24 bits per heavy atom. The third kappa shape index (κ3) is 2.87. The summed E-state index contributed by atoms with van der Waals surface area (Å²) in [5.74, 6) is 0. The van der Waals surface area contributed by atoms with E-state index in [0.29, 0.717) is 4.88 Å². The molecule has 1 heterocycles. The van der Waals surface area contributed by atoms with Crippen molar-refractivity contribution in [1.29, 1.82) is 0 Å². The molecule has 2 aromatic rings. The number of aliphatic hydroxyl groups excluding tert-OH is 1. The first-order valence-electron chi connectivity index (χ1n) is 4.88. The van der Waals surface area contributed by atoms with Crippen molar-refractivity contribution in [3.8, 4) is 0 Å². The molecule has 2 rings (SSSR count). The van der Waals surface area contributed by atoms with Crippen LogP contribution in [0.15, 0.2) is 36.4 Å². The Kier molecular flexibility index (Phi) is 3.22. The summed E-state index contributed by atoms with van der Waals surface area (Å²) in [6, 6.07) is 9.32. The van der Waals surface area contributed by atoms with Gasteiger partial charge in [-0.2, -0.15) is 13.2 Å². The molecule has 0 saturated carbocycles. The maximum Gasteiger partial charge on any atom is 0.417 e. The van der Waals surface area contributed by atoms with E-state index in [9.17, 15) is 13.2 Å². The smallest absolute Gasteiger partial charge is 0.380 e. The number of aliphatic hydroxyl groups is 1. The van der Waals surface area contributed by atoms with Crippen molar-refractivity contribution in [2.75, 3.05) is 0 Å². The number of thiophene rings is 1. The molecule has 0 aliphatic carbocycles. The molecule has 0 bridgehead atoms. The van der Waals surface area contributed by atoms with Crippen LogP contribution in [0.3, 0.4) is 0 Å². The van der Waals surface area contributed by atoms with Crippen LogP contribution < -0.4 is 0 Å². The van der Waals surface area contributed by atoms with Crippen molar-refractivity contribution >= 4 is 27.5 Å².